The number of nitrogens with zero attached hydrogens (tertiary/aromatic N) is 2. The Morgan fingerprint density at radius 1 is 1.12 bits per heavy atom. The Balaban J connectivity index is 1.72. The summed E-state index contributed by atoms with van der Waals surface area (Å²) < 4.78 is 14.3. The highest BCUT2D eigenvalue weighted by atomic mass is 19.1. The van der Waals surface area contributed by atoms with Crippen molar-refractivity contribution in [3.8, 4) is 0 Å². The molecule has 1 atom stereocenters. The van der Waals surface area contributed by atoms with Crippen LogP contribution in [0.5, 0.6) is 0 Å². The van der Waals surface area contributed by atoms with Gasteiger partial charge in [-0.15, -0.1) is 0 Å². The predicted octanol–water partition coefficient (Wildman–Crippen LogP) is 2.95. The molecular formula is C19H22FN3O2. The summed E-state index contributed by atoms with van der Waals surface area (Å²) in [4.78, 5) is 28.9. The fourth-order valence-electron chi connectivity index (χ4n) is 4.22. The standard InChI is InChI=1S/C19H22FN3O2/c1-22-15-11-23(12-7-3-2-4-8-12)18(24)16(15)17(21-19(22)25)13-9-5-6-10-14(13)20/h5-6,9-10,12,17H,2-4,7-8,11H2,1H3,(H,21,25). The highest BCUT2D eigenvalue weighted by molar-refractivity contribution is 6.01. The second-order valence-corrected chi connectivity index (χ2v) is 7.05. The molecular weight excluding hydrogens is 321 g/mol. The van der Waals surface area contributed by atoms with Crippen molar-refractivity contribution < 1.29 is 14.0 Å². The highest BCUT2D eigenvalue weighted by Gasteiger charge is 2.45. The summed E-state index contributed by atoms with van der Waals surface area (Å²) in [5, 5.41) is 2.79. The van der Waals surface area contributed by atoms with Gasteiger partial charge in [0.1, 0.15) is 5.82 Å². The SMILES string of the molecule is CN1C(=O)NC(c2ccccc2F)C2=C1CN(C1CCCCC1)C2=O. The first-order valence-electron chi connectivity index (χ1n) is 8.90. The van der Waals surface area contributed by atoms with Crippen LogP contribution in [0.1, 0.15) is 43.7 Å². The van der Waals surface area contributed by atoms with Crippen molar-refractivity contribution in [3.63, 3.8) is 0 Å². The Bertz CT molecular complexity index is 755. The van der Waals surface area contributed by atoms with Crippen LogP contribution < -0.4 is 5.32 Å². The molecule has 1 saturated carbocycles. The van der Waals surface area contributed by atoms with Gasteiger partial charge in [-0.25, -0.2) is 9.18 Å². The van der Waals surface area contributed by atoms with Crippen molar-refractivity contribution in [3.05, 3.63) is 46.9 Å². The molecule has 2 heterocycles. The quantitative estimate of drug-likeness (QED) is 0.898. The molecule has 6 heteroatoms. The maximum atomic E-state index is 14.3. The van der Waals surface area contributed by atoms with Gasteiger partial charge in [0, 0.05) is 18.7 Å². The summed E-state index contributed by atoms with van der Waals surface area (Å²) in [6.07, 6.45) is 5.47. The van der Waals surface area contributed by atoms with E-state index >= 15 is 0 Å². The van der Waals surface area contributed by atoms with Gasteiger partial charge in [-0.05, 0) is 18.9 Å². The van der Waals surface area contributed by atoms with Crippen molar-refractivity contribution in [2.75, 3.05) is 13.6 Å². The van der Waals surface area contributed by atoms with Gasteiger partial charge in [0.05, 0.1) is 23.9 Å². The lowest BCUT2D eigenvalue weighted by Crippen LogP contribution is -2.45. The minimum atomic E-state index is -0.721. The van der Waals surface area contributed by atoms with Gasteiger partial charge in [0.15, 0.2) is 0 Å². The summed E-state index contributed by atoms with van der Waals surface area (Å²) in [6.45, 7) is 0.438. The van der Waals surface area contributed by atoms with E-state index in [-0.39, 0.29) is 18.0 Å². The number of likely N-dealkylation sites (N-methyl/N-ethyl adjacent to an activating group) is 1. The fourth-order valence-corrected chi connectivity index (χ4v) is 4.22. The lowest BCUT2D eigenvalue weighted by Gasteiger charge is -2.31. The summed E-state index contributed by atoms with van der Waals surface area (Å²) in [5.41, 5.74) is 1.56. The zero-order valence-electron chi connectivity index (χ0n) is 14.3. The number of benzene rings is 1. The van der Waals surface area contributed by atoms with Crippen molar-refractivity contribution in [2.45, 2.75) is 44.2 Å². The fraction of sp³-hybridized carbons (Fsp3) is 0.474. The molecule has 0 radical (unpaired) electrons. The predicted molar refractivity (Wildman–Crippen MR) is 91.0 cm³/mol. The molecule has 1 fully saturated rings. The van der Waals surface area contributed by atoms with Crippen LogP contribution in [0.2, 0.25) is 0 Å². The molecule has 5 nitrogen and oxygen atoms in total. The number of urea groups is 1. The van der Waals surface area contributed by atoms with E-state index in [0.717, 1.165) is 25.7 Å². The van der Waals surface area contributed by atoms with Gasteiger partial charge < -0.3 is 10.2 Å². The number of hydrogen-bond donors (Lipinski definition) is 1. The molecule has 4 rings (SSSR count). The molecule has 1 N–H and O–H groups in total. The van der Waals surface area contributed by atoms with Crippen molar-refractivity contribution >= 4 is 11.9 Å². The monoisotopic (exact) mass is 343 g/mol. The number of carbonyl (C=O) groups is 2. The molecule has 2 aliphatic heterocycles. The first-order valence-corrected chi connectivity index (χ1v) is 8.90. The van der Waals surface area contributed by atoms with Crippen LogP contribution >= 0.6 is 0 Å². The van der Waals surface area contributed by atoms with Crippen molar-refractivity contribution in [2.24, 2.45) is 0 Å². The van der Waals surface area contributed by atoms with Gasteiger partial charge in [-0.2, -0.15) is 0 Å². The average molecular weight is 343 g/mol. The third-order valence-corrected chi connectivity index (χ3v) is 5.62. The minimum absolute atomic E-state index is 0.0676. The van der Waals surface area contributed by atoms with E-state index in [0.29, 0.717) is 23.4 Å². The molecule has 3 amide bonds. The van der Waals surface area contributed by atoms with Crippen LogP contribution in [0, 0.1) is 5.82 Å². The van der Waals surface area contributed by atoms with Crippen LogP contribution in [0.25, 0.3) is 0 Å². The molecule has 132 valence electrons. The molecule has 1 aromatic rings. The largest absolute Gasteiger partial charge is 0.330 e. The Morgan fingerprint density at radius 2 is 1.84 bits per heavy atom. The van der Waals surface area contributed by atoms with E-state index in [2.05, 4.69) is 5.32 Å². The third kappa shape index (κ3) is 2.60. The number of amides is 3. The minimum Gasteiger partial charge on any atom is -0.330 e. The summed E-state index contributed by atoms with van der Waals surface area (Å²) in [5.74, 6) is -0.477. The van der Waals surface area contributed by atoms with E-state index < -0.39 is 11.9 Å². The smallest absolute Gasteiger partial charge is 0.322 e. The van der Waals surface area contributed by atoms with E-state index in [1.165, 1.54) is 17.4 Å². The van der Waals surface area contributed by atoms with E-state index in [1.807, 2.05) is 4.90 Å². The first-order chi connectivity index (χ1) is 12.1. The normalized spacial score (nSPS) is 24.6. The van der Waals surface area contributed by atoms with Gasteiger partial charge in [0.25, 0.3) is 5.91 Å². The van der Waals surface area contributed by atoms with Crippen LogP contribution in [0.4, 0.5) is 9.18 Å². The lowest BCUT2D eigenvalue weighted by molar-refractivity contribution is -0.128. The van der Waals surface area contributed by atoms with Gasteiger partial charge >= 0.3 is 6.03 Å². The number of nitrogens with one attached hydrogen (secondary N) is 1. The third-order valence-electron chi connectivity index (χ3n) is 5.62. The number of hydrogen-bond acceptors (Lipinski definition) is 2. The molecule has 0 spiro atoms. The molecule has 0 bridgehead atoms. The molecule has 25 heavy (non-hydrogen) atoms. The summed E-state index contributed by atoms with van der Waals surface area (Å²) >= 11 is 0. The summed E-state index contributed by atoms with van der Waals surface area (Å²) in [7, 11) is 1.67. The Hall–Kier alpha value is -2.37. The Labute approximate surface area is 146 Å². The topological polar surface area (TPSA) is 52.7 Å². The second kappa shape index (κ2) is 6.17. The molecule has 1 aromatic carbocycles. The maximum absolute atomic E-state index is 14.3. The Kier molecular flexibility index (Phi) is 3.98. The lowest BCUT2D eigenvalue weighted by atomic mass is 9.93. The number of halogens is 1. The Morgan fingerprint density at radius 3 is 2.56 bits per heavy atom. The molecule has 1 unspecified atom stereocenters. The van der Waals surface area contributed by atoms with Crippen LogP contribution in [-0.2, 0) is 4.79 Å². The zero-order chi connectivity index (χ0) is 17.6. The average Bonchev–Trinajstić information content (AvgIpc) is 2.97. The van der Waals surface area contributed by atoms with Crippen molar-refractivity contribution in [1.82, 2.24) is 15.1 Å². The first kappa shape index (κ1) is 16.1. The molecule has 0 saturated heterocycles. The van der Waals surface area contributed by atoms with Gasteiger partial charge in [-0.3, -0.25) is 9.69 Å². The van der Waals surface area contributed by atoms with Crippen LogP contribution in [0.15, 0.2) is 35.5 Å². The molecule has 3 aliphatic rings. The number of rotatable bonds is 2. The van der Waals surface area contributed by atoms with Gasteiger partial charge in [-0.1, -0.05) is 37.5 Å². The van der Waals surface area contributed by atoms with Crippen molar-refractivity contribution in [1.29, 1.82) is 0 Å². The van der Waals surface area contributed by atoms with E-state index in [1.54, 1.807) is 25.2 Å². The van der Waals surface area contributed by atoms with Crippen LogP contribution in [0.3, 0.4) is 0 Å². The molecule has 0 aromatic heterocycles. The number of carbonyl (C=O) groups excluding carboxylic acids is 2. The van der Waals surface area contributed by atoms with E-state index in [9.17, 15) is 14.0 Å². The zero-order valence-corrected chi connectivity index (χ0v) is 14.3. The molecule has 1 aliphatic carbocycles. The van der Waals surface area contributed by atoms with E-state index in [4.69, 9.17) is 0 Å². The second-order valence-electron chi connectivity index (χ2n) is 7.05. The highest BCUT2D eigenvalue weighted by Crippen LogP contribution is 2.38. The van der Waals surface area contributed by atoms with Gasteiger partial charge in [0.2, 0.25) is 0 Å². The summed E-state index contributed by atoms with van der Waals surface area (Å²) in [6, 6.07) is 5.52. The van der Waals surface area contributed by atoms with Crippen LogP contribution in [-0.4, -0.2) is 41.4 Å². The maximum Gasteiger partial charge on any atom is 0.322 e.